The molecule has 0 saturated heterocycles. The highest BCUT2D eigenvalue weighted by atomic mass is 35.5. The Morgan fingerprint density at radius 1 is 1.17 bits per heavy atom. The molecule has 0 bridgehead atoms. The van der Waals surface area contributed by atoms with E-state index in [1.165, 1.54) is 21.4 Å². The largest absolute Gasteiger partial charge is 0.478 e. The lowest BCUT2D eigenvalue weighted by atomic mass is 10.2. The molecular weight excluding hydrogens is 353 g/mol. The van der Waals surface area contributed by atoms with E-state index in [2.05, 4.69) is 5.43 Å². The number of rotatable bonds is 4. The van der Waals surface area contributed by atoms with Crippen LogP contribution in [0.2, 0.25) is 10.0 Å². The van der Waals surface area contributed by atoms with Gasteiger partial charge in [-0.15, -0.1) is 0 Å². The Morgan fingerprint density at radius 3 is 2.58 bits per heavy atom. The first-order valence-corrected chi connectivity index (χ1v) is 7.76. The second-order valence-electron chi connectivity index (χ2n) is 5.26. The van der Waals surface area contributed by atoms with E-state index < -0.39 is 5.97 Å². The number of imidazole rings is 1. The first-order chi connectivity index (χ1) is 11.4. The van der Waals surface area contributed by atoms with Crippen molar-refractivity contribution in [2.45, 2.75) is 6.54 Å². The molecule has 6 nitrogen and oxygen atoms in total. The van der Waals surface area contributed by atoms with Crippen LogP contribution in [-0.4, -0.2) is 20.3 Å². The topological polar surface area (TPSA) is 76.3 Å². The highest BCUT2D eigenvalue weighted by Crippen LogP contribution is 2.21. The minimum Gasteiger partial charge on any atom is -0.478 e. The number of nitrogens with zero attached hydrogens (tertiary/aromatic N) is 2. The van der Waals surface area contributed by atoms with Gasteiger partial charge in [0.1, 0.15) is 0 Å². The average molecular weight is 366 g/mol. The zero-order chi connectivity index (χ0) is 17.4. The van der Waals surface area contributed by atoms with Gasteiger partial charge in [-0.2, -0.15) is 0 Å². The molecule has 0 radical (unpaired) electrons. The van der Waals surface area contributed by atoms with Crippen LogP contribution >= 0.6 is 23.2 Å². The number of nitrogens with one attached hydrogen (secondary N) is 1. The number of hydrogen-bond acceptors (Lipinski definition) is 3. The van der Waals surface area contributed by atoms with Crippen LogP contribution in [0.3, 0.4) is 0 Å². The van der Waals surface area contributed by atoms with Gasteiger partial charge in [-0.1, -0.05) is 29.3 Å². The summed E-state index contributed by atoms with van der Waals surface area (Å²) in [6.07, 6.45) is 0. The molecular formula is C16H13Cl2N3O3. The number of aromatic nitrogens is 2. The quantitative estimate of drug-likeness (QED) is 0.744. The van der Waals surface area contributed by atoms with Crippen molar-refractivity contribution >= 4 is 40.2 Å². The van der Waals surface area contributed by atoms with Crippen molar-refractivity contribution in [3.63, 3.8) is 0 Å². The molecule has 124 valence electrons. The Kier molecular flexibility index (Phi) is 4.26. The number of carboxylic acid groups (broad SMARTS) is 1. The highest BCUT2D eigenvalue weighted by Gasteiger charge is 2.13. The van der Waals surface area contributed by atoms with Crippen LogP contribution in [-0.2, 0) is 13.6 Å². The predicted molar refractivity (Wildman–Crippen MR) is 93.7 cm³/mol. The second kappa shape index (κ2) is 6.22. The molecule has 3 aromatic rings. The average Bonchev–Trinajstić information content (AvgIpc) is 2.78. The van der Waals surface area contributed by atoms with Gasteiger partial charge in [0.2, 0.25) is 0 Å². The van der Waals surface area contributed by atoms with Gasteiger partial charge >= 0.3 is 11.7 Å². The molecule has 1 aromatic heterocycles. The molecule has 8 heteroatoms. The Labute approximate surface area is 146 Å². The lowest BCUT2D eigenvalue weighted by Gasteiger charge is -2.09. The van der Waals surface area contributed by atoms with Crippen LogP contribution < -0.4 is 11.1 Å². The molecule has 2 N–H and O–H groups in total. The second-order valence-corrected chi connectivity index (χ2v) is 6.10. The summed E-state index contributed by atoms with van der Waals surface area (Å²) in [5.74, 6) is -1.06. The van der Waals surface area contributed by atoms with Gasteiger partial charge in [-0.25, -0.2) is 14.3 Å². The van der Waals surface area contributed by atoms with Crippen molar-refractivity contribution < 1.29 is 9.90 Å². The number of fused-ring (bicyclic) bond motifs is 1. The van der Waals surface area contributed by atoms with Crippen LogP contribution in [0.1, 0.15) is 15.9 Å². The smallest absolute Gasteiger partial charge is 0.347 e. The molecule has 0 amide bonds. The Morgan fingerprint density at radius 2 is 1.92 bits per heavy atom. The van der Waals surface area contributed by atoms with Gasteiger partial charge in [0.25, 0.3) is 0 Å². The fourth-order valence-corrected chi connectivity index (χ4v) is 2.93. The van der Waals surface area contributed by atoms with E-state index in [9.17, 15) is 9.59 Å². The van der Waals surface area contributed by atoms with Crippen LogP contribution in [0.15, 0.2) is 41.2 Å². The molecule has 0 aliphatic heterocycles. The van der Waals surface area contributed by atoms with E-state index in [4.69, 9.17) is 28.3 Å². The van der Waals surface area contributed by atoms with E-state index in [1.807, 2.05) is 0 Å². The molecule has 24 heavy (non-hydrogen) atoms. The van der Waals surface area contributed by atoms with E-state index in [1.54, 1.807) is 31.3 Å². The van der Waals surface area contributed by atoms with Crippen molar-refractivity contribution in [3.8, 4) is 0 Å². The van der Waals surface area contributed by atoms with Gasteiger partial charge in [0.05, 0.1) is 23.1 Å². The van der Waals surface area contributed by atoms with Crippen molar-refractivity contribution in [1.82, 2.24) is 9.24 Å². The fourth-order valence-electron chi connectivity index (χ4n) is 2.46. The van der Waals surface area contributed by atoms with Gasteiger partial charge in [-0.3, -0.25) is 4.57 Å². The maximum absolute atomic E-state index is 12.4. The number of aryl methyl sites for hydroxylation is 1. The minimum absolute atomic E-state index is 0.105. The molecule has 2 aromatic carbocycles. The van der Waals surface area contributed by atoms with Crippen LogP contribution in [0.4, 0.5) is 0 Å². The van der Waals surface area contributed by atoms with Gasteiger partial charge < -0.3 is 10.5 Å². The van der Waals surface area contributed by atoms with Crippen molar-refractivity contribution in [3.05, 3.63) is 68.1 Å². The first kappa shape index (κ1) is 16.4. The summed E-state index contributed by atoms with van der Waals surface area (Å²) in [6, 6.07) is 9.61. The summed E-state index contributed by atoms with van der Waals surface area (Å²) in [4.78, 5) is 23.6. The molecule has 0 atom stereocenters. The van der Waals surface area contributed by atoms with Crippen LogP contribution in [0.25, 0.3) is 11.0 Å². The summed E-state index contributed by atoms with van der Waals surface area (Å²) in [5, 5.41) is 10.1. The normalized spacial score (nSPS) is 11.0. The first-order valence-electron chi connectivity index (χ1n) is 7.01. The standard InChI is InChI=1S/C16H13Cl2N3O3/c1-20-13-5-3-9(15(22)23)6-14(13)21(16(20)24)19-8-10-2-4-11(17)7-12(10)18/h2-7,19H,8H2,1H3,(H,22,23). The molecule has 0 unspecified atom stereocenters. The number of benzene rings is 2. The summed E-state index contributed by atoms with van der Waals surface area (Å²) in [5.41, 5.74) is 4.65. The molecule has 0 spiro atoms. The molecule has 0 fully saturated rings. The van der Waals surface area contributed by atoms with E-state index in [-0.39, 0.29) is 17.8 Å². The number of carbonyl (C=O) groups is 1. The molecule has 0 aliphatic rings. The molecule has 3 rings (SSSR count). The molecule has 1 heterocycles. The fraction of sp³-hybridized carbons (Fsp3) is 0.125. The maximum atomic E-state index is 12.4. The summed E-state index contributed by atoms with van der Waals surface area (Å²) < 4.78 is 2.75. The summed E-state index contributed by atoms with van der Waals surface area (Å²) >= 11 is 12.0. The lowest BCUT2D eigenvalue weighted by Crippen LogP contribution is -2.29. The summed E-state index contributed by atoms with van der Waals surface area (Å²) in [7, 11) is 1.62. The Bertz CT molecular complexity index is 1010. The van der Waals surface area contributed by atoms with Crippen LogP contribution in [0, 0.1) is 0 Å². The molecule has 0 aliphatic carbocycles. The monoisotopic (exact) mass is 365 g/mol. The SMILES string of the molecule is Cn1c(=O)n(NCc2ccc(Cl)cc2Cl)c2cc(C(=O)O)ccc21. The third kappa shape index (κ3) is 2.86. The van der Waals surface area contributed by atoms with E-state index >= 15 is 0 Å². The van der Waals surface area contributed by atoms with Crippen molar-refractivity contribution in [1.29, 1.82) is 0 Å². The zero-order valence-corrected chi connectivity index (χ0v) is 14.1. The van der Waals surface area contributed by atoms with Gasteiger partial charge in [0.15, 0.2) is 0 Å². The number of aromatic carboxylic acids is 1. The summed E-state index contributed by atoms with van der Waals surface area (Å²) in [6.45, 7) is 0.284. The Balaban J connectivity index is 2.02. The van der Waals surface area contributed by atoms with Gasteiger partial charge in [-0.05, 0) is 35.9 Å². The Hall–Kier alpha value is -2.44. The zero-order valence-electron chi connectivity index (χ0n) is 12.6. The van der Waals surface area contributed by atoms with E-state index in [0.29, 0.717) is 21.1 Å². The third-order valence-corrected chi connectivity index (χ3v) is 4.33. The predicted octanol–water partition coefficient (Wildman–Crippen LogP) is 3.09. The third-order valence-electron chi connectivity index (χ3n) is 3.75. The number of halogens is 2. The number of hydrogen-bond donors (Lipinski definition) is 2. The van der Waals surface area contributed by atoms with Crippen molar-refractivity contribution in [2.75, 3.05) is 5.43 Å². The number of carboxylic acids is 1. The molecule has 0 saturated carbocycles. The van der Waals surface area contributed by atoms with Gasteiger partial charge in [0, 0.05) is 17.1 Å². The minimum atomic E-state index is -1.06. The maximum Gasteiger partial charge on any atom is 0.347 e. The highest BCUT2D eigenvalue weighted by molar-refractivity contribution is 6.35. The van der Waals surface area contributed by atoms with Crippen molar-refractivity contribution in [2.24, 2.45) is 7.05 Å². The van der Waals surface area contributed by atoms with Crippen LogP contribution in [0.5, 0.6) is 0 Å². The van der Waals surface area contributed by atoms with E-state index in [0.717, 1.165) is 5.56 Å². The lowest BCUT2D eigenvalue weighted by molar-refractivity contribution is 0.0697.